The van der Waals surface area contributed by atoms with Crippen LogP contribution in [0.25, 0.3) is 11.3 Å². The van der Waals surface area contributed by atoms with Crippen LogP contribution in [0, 0.1) is 34.6 Å². The van der Waals surface area contributed by atoms with Crippen LogP contribution in [-0.2, 0) is 11.2 Å². The van der Waals surface area contributed by atoms with Gasteiger partial charge >= 0.3 is 0 Å². The van der Waals surface area contributed by atoms with Gasteiger partial charge in [-0.1, -0.05) is 24.3 Å². The van der Waals surface area contributed by atoms with Gasteiger partial charge in [-0.15, -0.1) is 11.3 Å². The molecule has 4 heteroatoms. The first kappa shape index (κ1) is 18.3. The van der Waals surface area contributed by atoms with E-state index in [1.54, 1.807) is 11.3 Å². The van der Waals surface area contributed by atoms with Crippen molar-refractivity contribution >= 4 is 22.9 Å². The number of carbonyl (C=O) groups is 1. The van der Waals surface area contributed by atoms with Gasteiger partial charge in [0, 0.05) is 16.1 Å². The molecule has 0 saturated carbocycles. The second-order valence-corrected chi connectivity index (χ2v) is 8.09. The maximum Gasteiger partial charge on any atom is 0.231 e. The highest BCUT2D eigenvalue weighted by Crippen LogP contribution is 2.32. The van der Waals surface area contributed by atoms with E-state index < -0.39 is 0 Å². The molecule has 0 aliphatic carbocycles. The predicted octanol–water partition coefficient (Wildman–Crippen LogP) is 5.53. The summed E-state index contributed by atoms with van der Waals surface area (Å²) in [4.78, 5) is 18.3. The van der Waals surface area contributed by atoms with E-state index in [-0.39, 0.29) is 5.91 Å². The number of aromatic nitrogens is 1. The summed E-state index contributed by atoms with van der Waals surface area (Å²) < 4.78 is 0. The molecule has 3 nitrogen and oxygen atoms in total. The molecule has 0 atom stereocenters. The van der Waals surface area contributed by atoms with Crippen molar-refractivity contribution in [3.8, 4) is 11.3 Å². The lowest BCUT2D eigenvalue weighted by atomic mass is 9.98. The van der Waals surface area contributed by atoms with Crippen LogP contribution in [0.5, 0.6) is 0 Å². The number of hydrogen-bond donors (Lipinski definition) is 1. The fourth-order valence-corrected chi connectivity index (χ4v) is 3.98. The SMILES string of the molecule is Cc1cc(C)c(-c2nc(CC(=O)Nc3ccccc3C)sc2C)cc1C. The van der Waals surface area contributed by atoms with E-state index in [1.165, 1.54) is 16.7 Å². The van der Waals surface area contributed by atoms with Gasteiger partial charge in [-0.25, -0.2) is 4.98 Å². The third kappa shape index (κ3) is 3.86. The fourth-order valence-electron chi connectivity index (χ4n) is 3.04. The largest absolute Gasteiger partial charge is 0.325 e. The summed E-state index contributed by atoms with van der Waals surface area (Å²) in [6.45, 7) is 10.4. The summed E-state index contributed by atoms with van der Waals surface area (Å²) in [7, 11) is 0. The van der Waals surface area contributed by atoms with E-state index in [4.69, 9.17) is 4.98 Å². The van der Waals surface area contributed by atoms with Crippen molar-refractivity contribution in [1.29, 1.82) is 0 Å². The molecule has 0 bridgehead atoms. The van der Waals surface area contributed by atoms with Crippen LogP contribution in [0.2, 0.25) is 0 Å². The highest BCUT2D eigenvalue weighted by atomic mass is 32.1. The zero-order chi connectivity index (χ0) is 18.8. The molecule has 3 aromatic rings. The van der Waals surface area contributed by atoms with Crippen LogP contribution in [0.4, 0.5) is 5.69 Å². The van der Waals surface area contributed by atoms with Crippen molar-refractivity contribution in [2.45, 2.75) is 41.0 Å². The second kappa shape index (κ2) is 7.42. The minimum atomic E-state index is -0.0311. The van der Waals surface area contributed by atoms with Gasteiger partial charge in [-0.3, -0.25) is 4.79 Å². The Kier molecular flexibility index (Phi) is 5.23. The lowest BCUT2D eigenvalue weighted by molar-refractivity contribution is -0.115. The number of anilines is 1. The average Bonchev–Trinajstić information content (AvgIpc) is 2.93. The van der Waals surface area contributed by atoms with Crippen molar-refractivity contribution < 1.29 is 4.79 Å². The lowest BCUT2D eigenvalue weighted by Gasteiger charge is -2.08. The number of para-hydroxylation sites is 1. The molecule has 0 aliphatic rings. The number of benzene rings is 2. The summed E-state index contributed by atoms with van der Waals surface area (Å²) in [5.74, 6) is -0.0311. The van der Waals surface area contributed by atoms with Crippen LogP contribution in [-0.4, -0.2) is 10.9 Å². The van der Waals surface area contributed by atoms with Gasteiger partial charge in [0.15, 0.2) is 0 Å². The van der Waals surface area contributed by atoms with E-state index in [2.05, 4.69) is 45.1 Å². The predicted molar refractivity (Wildman–Crippen MR) is 110 cm³/mol. The normalized spacial score (nSPS) is 10.8. The maximum atomic E-state index is 12.4. The number of aryl methyl sites for hydroxylation is 5. The molecular formula is C22H24N2OS. The van der Waals surface area contributed by atoms with Crippen LogP contribution in [0.3, 0.4) is 0 Å². The lowest BCUT2D eigenvalue weighted by Crippen LogP contribution is -2.14. The zero-order valence-corrected chi connectivity index (χ0v) is 16.8. The topological polar surface area (TPSA) is 42.0 Å². The van der Waals surface area contributed by atoms with Crippen molar-refractivity contribution in [3.05, 3.63) is 68.5 Å². The van der Waals surface area contributed by atoms with Gasteiger partial charge < -0.3 is 5.32 Å². The van der Waals surface area contributed by atoms with Gasteiger partial charge in [0.05, 0.1) is 12.1 Å². The molecule has 3 rings (SSSR count). The monoisotopic (exact) mass is 364 g/mol. The number of rotatable bonds is 4. The summed E-state index contributed by atoms with van der Waals surface area (Å²) >= 11 is 1.60. The van der Waals surface area contributed by atoms with Gasteiger partial charge in [-0.2, -0.15) is 0 Å². The first-order chi connectivity index (χ1) is 12.3. The summed E-state index contributed by atoms with van der Waals surface area (Å²) in [5, 5.41) is 3.83. The van der Waals surface area contributed by atoms with Gasteiger partial charge in [0.1, 0.15) is 5.01 Å². The minimum absolute atomic E-state index is 0.0311. The summed E-state index contributed by atoms with van der Waals surface area (Å²) in [6.07, 6.45) is 0.295. The van der Waals surface area contributed by atoms with Gasteiger partial charge in [-0.05, 0) is 69.0 Å². The minimum Gasteiger partial charge on any atom is -0.325 e. The Morgan fingerprint density at radius 1 is 0.962 bits per heavy atom. The quantitative estimate of drug-likeness (QED) is 0.661. The van der Waals surface area contributed by atoms with E-state index in [9.17, 15) is 4.79 Å². The molecule has 1 amide bonds. The molecule has 0 fully saturated rings. The highest BCUT2D eigenvalue weighted by Gasteiger charge is 2.15. The van der Waals surface area contributed by atoms with Crippen molar-refractivity contribution in [2.75, 3.05) is 5.32 Å². The average molecular weight is 365 g/mol. The van der Waals surface area contributed by atoms with Crippen molar-refractivity contribution in [1.82, 2.24) is 4.98 Å². The number of nitrogens with one attached hydrogen (secondary N) is 1. The van der Waals surface area contributed by atoms with E-state index in [0.717, 1.165) is 32.4 Å². The number of nitrogens with zero attached hydrogens (tertiary/aromatic N) is 1. The Morgan fingerprint density at radius 3 is 2.38 bits per heavy atom. The third-order valence-corrected chi connectivity index (χ3v) is 5.64. The standard InChI is InChI=1S/C22H24N2OS/c1-13-8-6-7-9-19(13)23-20(25)12-21-24-22(17(5)26-21)18-11-15(3)14(2)10-16(18)4/h6-11H,12H2,1-5H3,(H,23,25). The van der Waals surface area contributed by atoms with Gasteiger partial charge in [0.25, 0.3) is 0 Å². The smallest absolute Gasteiger partial charge is 0.231 e. The Hall–Kier alpha value is -2.46. The first-order valence-corrected chi connectivity index (χ1v) is 9.57. The summed E-state index contributed by atoms with van der Waals surface area (Å²) in [6, 6.07) is 12.2. The number of amides is 1. The molecule has 134 valence electrons. The maximum absolute atomic E-state index is 12.4. The molecule has 1 aromatic heterocycles. The molecule has 1 heterocycles. The van der Waals surface area contributed by atoms with Crippen LogP contribution in [0.15, 0.2) is 36.4 Å². The molecule has 0 radical (unpaired) electrons. The number of hydrogen-bond acceptors (Lipinski definition) is 3. The molecule has 1 N–H and O–H groups in total. The molecule has 0 aliphatic heterocycles. The van der Waals surface area contributed by atoms with Crippen LogP contribution >= 0.6 is 11.3 Å². The molecular weight excluding hydrogens is 340 g/mol. The van der Waals surface area contributed by atoms with Crippen LogP contribution < -0.4 is 5.32 Å². The van der Waals surface area contributed by atoms with Crippen molar-refractivity contribution in [2.24, 2.45) is 0 Å². The van der Waals surface area contributed by atoms with E-state index >= 15 is 0 Å². The molecule has 0 saturated heterocycles. The molecule has 0 spiro atoms. The fraction of sp³-hybridized carbons (Fsp3) is 0.273. The Labute approximate surface area is 159 Å². The van der Waals surface area contributed by atoms with Gasteiger partial charge in [0.2, 0.25) is 5.91 Å². The molecule has 26 heavy (non-hydrogen) atoms. The molecule has 0 unspecified atom stereocenters. The Balaban J connectivity index is 1.81. The Morgan fingerprint density at radius 2 is 1.65 bits per heavy atom. The zero-order valence-electron chi connectivity index (χ0n) is 15.9. The third-order valence-electron chi connectivity index (χ3n) is 4.67. The Bertz CT molecular complexity index is 972. The molecule has 2 aromatic carbocycles. The second-order valence-electron chi connectivity index (χ2n) is 6.80. The van der Waals surface area contributed by atoms with Crippen LogP contribution in [0.1, 0.15) is 32.1 Å². The van der Waals surface area contributed by atoms with Crippen molar-refractivity contribution in [3.63, 3.8) is 0 Å². The van der Waals surface area contributed by atoms with E-state index in [0.29, 0.717) is 6.42 Å². The summed E-state index contributed by atoms with van der Waals surface area (Å²) in [5.41, 5.74) is 7.84. The first-order valence-electron chi connectivity index (χ1n) is 8.75. The highest BCUT2D eigenvalue weighted by molar-refractivity contribution is 7.12. The van der Waals surface area contributed by atoms with E-state index in [1.807, 2.05) is 31.2 Å². The number of carbonyl (C=O) groups excluding carboxylic acids is 1. The number of thiazole rings is 1.